The second kappa shape index (κ2) is 21.6. The Morgan fingerprint density at radius 2 is 1.41 bits per heavy atom. The van der Waals surface area contributed by atoms with Crippen molar-refractivity contribution >= 4 is 41.2 Å². The third-order valence-electron chi connectivity index (χ3n) is 8.12. The summed E-state index contributed by atoms with van der Waals surface area (Å²) in [5, 5.41) is 8.30. The van der Waals surface area contributed by atoms with Crippen molar-refractivity contribution in [3.05, 3.63) is 77.4 Å². The maximum Gasteiger partial charge on any atom is 0.407 e. The first-order valence-corrected chi connectivity index (χ1v) is 19.2. The molecule has 4 amide bonds. The van der Waals surface area contributed by atoms with E-state index in [0.29, 0.717) is 73.0 Å². The second-order valence-corrected chi connectivity index (χ2v) is 15.6. The molecule has 3 aromatic carbocycles. The van der Waals surface area contributed by atoms with E-state index in [2.05, 4.69) is 16.0 Å². The van der Waals surface area contributed by atoms with E-state index >= 15 is 0 Å². The summed E-state index contributed by atoms with van der Waals surface area (Å²) in [6.45, 7) is 13.8. The molecule has 5 N–H and O–H groups in total. The summed E-state index contributed by atoms with van der Waals surface area (Å²) < 4.78 is 28.0. The van der Waals surface area contributed by atoms with Crippen molar-refractivity contribution in [3.8, 4) is 17.2 Å². The number of nitrogens with one attached hydrogen (secondary N) is 3. The van der Waals surface area contributed by atoms with Crippen LogP contribution in [0.3, 0.4) is 0 Å². The number of anilines is 2. The van der Waals surface area contributed by atoms with Gasteiger partial charge < -0.3 is 50.3 Å². The third-order valence-corrected chi connectivity index (χ3v) is 8.12. The lowest BCUT2D eigenvalue weighted by Gasteiger charge is -2.22. The topological polar surface area (TPSA) is 197 Å². The molecule has 0 radical (unpaired) electrons. The van der Waals surface area contributed by atoms with Gasteiger partial charge in [0.25, 0.3) is 11.8 Å². The van der Waals surface area contributed by atoms with Gasteiger partial charge in [0, 0.05) is 25.7 Å². The van der Waals surface area contributed by atoms with Gasteiger partial charge in [-0.15, -0.1) is 0 Å². The molecular formula is C43H59N5O10. The number of amides is 4. The number of methoxy groups -OCH3 is 1. The van der Waals surface area contributed by atoms with Crippen molar-refractivity contribution in [2.45, 2.75) is 91.4 Å². The molecule has 0 saturated carbocycles. The molecule has 3 rings (SSSR count). The van der Waals surface area contributed by atoms with Gasteiger partial charge in [-0.1, -0.05) is 18.2 Å². The molecule has 3 aromatic rings. The number of nitrogens with zero attached hydrogens (tertiary/aromatic N) is 1. The van der Waals surface area contributed by atoms with Gasteiger partial charge >= 0.3 is 12.1 Å². The van der Waals surface area contributed by atoms with Gasteiger partial charge in [0.2, 0.25) is 5.91 Å². The Morgan fingerprint density at radius 1 is 0.759 bits per heavy atom. The number of hydrogen-bond donors (Lipinski definition) is 4. The molecule has 0 aliphatic carbocycles. The minimum Gasteiger partial charge on any atom is -0.495 e. The van der Waals surface area contributed by atoms with E-state index in [4.69, 9.17) is 29.4 Å². The molecule has 0 aliphatic rings. The molecule has 0 spiro atoms. The first-order chi connectivity index (χ1) is 27.3. The minimum atomic E-state index is -1.05. The Kier molecular flexibility index (Phi) is 17.4. The van der Waals surface area contributed by atoms with E-state index in [1.54, 1.807) is 97.1 Å². The predicted molar refractivity (Wildman–Crippen MR) is 222 cm³/mol. The Balaban J connectivity index is 1.56. The monoisotopic (exact) mass is 805 g/mol. The molecule has 15 heteroatoms. The highest BCUT2D eigenvalue weighted by Gasteiger charge is 2.25. The van der Waals surface area contributed by atoms with E-state index in [0.717, 1.165) is 5.56 Å². The average molecular weight is 806 g/mol. The van der Waals surface area contributed by atoms with Gasteiger partial charge in [0.15, 0.2) is 0 Å². The van der Waals surface area contributed by atoms with E-state index in [-0.39, 0.29) is 30.6 Å². The normalized spacial score (nSPS) is 11.8. The predicted octanol–water partition coefficient (Wildman–Crippen LogP) is 6.16. The number of alkyl carbamates (subject to hydrolysis) is 1. The third kappa shape index (κ3) is 15.6. The van der Waals surface area contributed by atoms with Crippen LogP contribution in [0.1, 0.15) is 93.5 Å². The van der Waals surface area contributed by atoms with Crippen molar-refractivity contribution in [1.82, 2.24) is 10.6 Å². The smallest absolute Gasteiger partial charge is 0.407 e. The number of ether oxygens (including phenoxy) is 5. The summed E-state index contributed by atoms with van der Waals surface area (Å²) in [5.41, 5.74) is 6.99. The fourth-order valence-electron chi connectivity index (χ4n) is 5.34. The molecule has 0 aliphatic heterocycles. The lowest BCUT2D eigenvalue weighted by atomic mass is 10.1. The molecule has 15 nitrogen and oxygen atoms in total. The SMILES string of the molecule is COc1cc(C(=O)N(C)c2ccc(C)cc2OCCCCNC(=O)CC(N)C(=O)OC(C)(C)C)ccc1NC(=O)c1ccccc1OCCCNC(=O)OC(C)(C)C. The lowest BCUT2D eigenvalue weighted by molar-refractivity contribution is -0.157. The van der Waals surface area contributed by atoms with Crippen LogP contribution in [0.4, 0.5) is 16.2 Å². The van der Waals surface area contributed by atoms with Crippen molar-refractivity contribution in [2.24, 2.45) is 5.73 Å². The average Bonchev–Trinajstić information content (AvgIpc) is 3.14. The number of esters is 1. The molecule has 1 unspecified atom stereocenters. The summed E-state index contributed by atoms with van der Waals surface area (Å²) in [4.78, 5) is 64.9. The number of carbonyl (C=O) groups excluding carboxylic acids is 5. The number of para-hydroxylation sites is 1. The number of hydrogen-bond acceptors (Lipinski definition) is 11. The van der Waals surface area contributed by atoms with Gasteiger partial charge in [-0.05, 0) is 116 Å². The molecule has 316 valence electrons. The van der Waals surface area contributed by atoms with Gasteiger partial charge in [-0.25, -0.2) is 4.79 Å². The van der Waals surface area contributed by atoms with Crippen LogP contribution in [0.2, 0.25) is 0 Å². The fourth-order valence-corrected chi connectivity index (χ4v) is 5.34. The largest absolute Gasteiger partial charge is 0.495 e. The van der Waals surface area contributed by atoms with E-state index in [1.165, 1.54) is 12.0 Å². The maximum absolute atomic E-state index is 13.8. The summed E-state index contributed by atoms with van der Waals surface area (Å²) in [6, 6.07) is 16.0. The zero-order chi connectivity index (χ0) is 43.0. The number of nitrogens with two attached hydrogens (primary N) is 1. The van der Waals surface area contributed by atoms with E-state index in [9.17, 15) is 24.0 Å². The highest BCUT2D eigenvalue weighted by molar-refractivity contribution is 6.09. The van der Waals surface area contributed by atoms with Crippen LogP contribution in [0.25, 0.3) is 0 Å². The van der Waals surface area contributed by atoms with Gasteiger partial charge in [0.1, 0.15) is 34.5 Å². The molecule has 58 heavy (non-hydrogen) atoms. The van der Waals surface area contributed by atoms with Crippen LogP contribution >= 0.6 is 0 Å². The Bertz CT molecular complexity index is 1890. The van der Waals surface area contributed by atoms with Crippen LogP contribution < -0.4 is 40.8 Å². The number of benzene rings is 3. The van der Waals surface area contributed by atoms with Crippen LogP contribution in [0.5, 0.6) is 17.2 Å². The van der Waals surface area contributed by atoms with Crippen molar-refractivity contribution < 1.29 is 47.7 Å². The number of unbranched alkanes of at least 4 members (excludes halogenated alkanes) is 1. The van der Waals surface area contributed by atoms with E-state index < -0.39 is 35.2 Å². The summed E-state index contributed by atoms with van der Waals surface area (Å²) in [5.74, 6) is -0.594. The van der Waals surface area contributed by atoms with Crippen LogP contribution in [0.15, 0.2) is 60.7 Å². The van der Waals surface area contributed by atoms with Gasteiger partial charge in [0.05, 0.1) is 43.7 Å². The molecule has 0 saturated heterocycles. The Labute approximate surface area is 341 Å². The first kappa shape index (κ1) is 46.6. The number of carbonyl (C=O) groups is 5. The highest BCUT2D eigenvalue weighted by Crippen LogP contribution is 2.32. The zero-order valence-corrected chi connectivity index (χ0v) is 35.1. The van der Waals surface area contributed by atoms with Crippen LogP contribution in [0, 0.1) is 6.92 Å². The van der Waals surface area contributed by atoms with E-state index in [1.807, 2.05) is 19.1 Å². The zero-order valence-electron chi connectivity index (χ0n) is 35.1. The fraction of sp³-hybridized carbons (Fsp3) is 0.465. The van der Waals surface area contributed by atoms with Gasteiger partial charge in [-0.2, -0.15) is 0 Å². The molecule has 0 bridgehead atoms. The molecule has 0 aromatic heterocycles. The summed E-state index contributed by atoms with van der Waals surface area (Å²) in [7, 11) is 3.09. The van der Waals surface area contributed by atoms with Gasteiger partial charge in [-0.3, -0.25) is 19.2 Å². The number of rotatable bonds is 19. The van der Waals surface area contributed by atoms with Crippen LogP contribution in [-0.2, 0) is 19.1 Å². The molecule has 0 fully saturated rings. The molecule has 1 atom stereocenters. The lowest BCUT2D eigenvalue weighted by Crippen LogP contribution is -2.41. The molecule has 0 heterocycles. The first-order valence-electron chi connectivity index (χ1n) is 19.2. The van der Waals surface area contributed by atoms with Crippen LogP contribution in [-0.4, -0.2) is 87.5 Å². The quantitative estimate of drug-likeness (QED) is 0.0800. The number of aryl methyl sites for hydroxylation is 1. The maximum atomic E-state index is 13.8. The molecular weight excluding hydrogens is 746 g/mol. The van der Waals surface area contributed by atoms with Crippen molar-refractivity contribution in [3.63, 3.8) is 0 Å². The Morgan fingerprint density at radius 3 is 2.10 bits per heavy atom. The summed E-state index contributed by atoms with van der Waals surface area (Å²) >= 11 is 0. The Hall–Kier alpha value is -5.83. The highest BCUT2D eigenvalue weighted by atomic mass is 16.6. The minimum absolute atomic E-state index is 0.175. The van der Waals surface area contributed by atoms with Crippen molar-refractivity contribution in [1.29, 1.82) is 0 Å². The standard InChI is InChI=1S/C43H59N5O10/c1-28-17-20-33(36(25-28)56-23-13-12-21-45-37(49)27-31(44)40(52)57-42(2,3)4)48(8)39(51)29-18-19-32(35(26-29)54-9)47-38(50)30-15-10-11-16-34(30)55-24-14-22-46-41(53)58-43(5,6)7/h10-11,15-20,25-26,31H,12-14,21-24,27,44H2,1-9H3,(H,45,49)(H,46,53)(H,47,50). The van der Waals surface area contributed by atoms with Crippen molar-refractivity contribution in [2.75, 3.05) is 50.7 Å². The summed E-state index contributed by atoms with van der Waals surface area (Å²) in [6.07, 6.45) is 1.02. The second-order valence-electron chi connectivity index (χ2n) is 15.6.